The highest BCUT2D eigenvalue weighted by atomic mass is 16.6. The van der Waals surface area contributed by atoms with Gasteiger partial charge in [0.15, 0.2) is 0 Å². The summed E-state index contributed by atoms with van der Waals surface area (Å²) in [5, 5.41) is 3.04. The predicted molar refractivity (Wildman–Crippen MR) is 66.6 cm³/mol. The number of nitrogens with zero attached hydrogens (tertiary/aromatic N) is 1. The van der Waals surface area contributed by atoms with Gasteiger partial charge in [-0.25, -0.2) is 4.79 Å². The first-order chi connectivity index (χ1) is 7.08. The second-order valence-electron chi connectivity index (χ2n) is 5.91. The zero-order valence-corrected chi connectivity index (χ0v) is 11.7. The molecule has 0 aliphatic heterocycles. The minimum atomic E-state index is -0.444. The maximum atomic E-state index is 12.0. The van der Waals surface area contributed by atoms with Crippen LogP contribution in [0.2, 0.25) is 0 Å². The van der Waals surface area contributed by atoms with Gasteiger partial charge in [-0.1, -0.05) is 0 Å². The van der Waals surface area contributed by atoms with Crippen LogP contribution in [-0.4, -0.2) is 42.3 Å². The van der Waals surface area contributed by atoms with Gasteiger partial charge in [-0.3, -0.25) is 0 Å². The van der Waals surface area contributed by atoms with Gasteiger partial charge in [0, 0.05) is 18.6 Å². The SMILES string of the molecule is CNCCN(C(=O)OC(C)(C)C)C(C)(C)C. The van der Waals surface area contributed by atoms with E-state index >= 15 is 0 Å². The first-order valence-corrected chi connectivity index (χ1v) is 5.73. The van der Waals surface area contributed by atoms with Crippen LogP contribution in [0.25, 0.3) is 0 Å². The number of carbonyl (C=O) groups excluding carboxylic acids is 1. The van der Waals surface area contributed by atoms with Crippen molar-refractivity contribution in [1.29, 1.82) is 0 Å². The Kier molecular flexibility index (Phi) is 5.26. The van der Waals surface area contributed by atoms with Crippen molar-refractivity contribution >= 4 is 6.09 Å². The van der Waals surface area contributed by atoms with Gasteiger partial charge in [0.05, 0.1) is 0 Å². The molecule has 0 saturated carbocycles. The van der Waals surface area contributed by atoms with Crippen molar-refractivity contribution in [3.05, 3.63) is 0 Å². The molecule has 96 valence electrons. The van der Waals surface area contributed by atoms with Crippen LogP contribution >= 0.6 is 0 Å². The van der Waals surface area contributed by atoms with Gasteiger partial charge < -0.3 is 15.0 Å². The van der Waals surface area contributed by atoms with E-state index in [1.165, 1.54) is 0 Å². The molecule has 0 saturated heterocycles. The third-order valence-electron chi connectivity index (χ3n) is 2.01. The third kappa shape index (κ3) is 5.95. The van der Waals surface area contributed by atoms with Gasteiger partial charge in [-0.15, -0.1) is 0 Å². The fourth-order valence-electron chi connectivity index (χ4n) is 1.24. The van der Waals surface area contributed by atoms with Crippen molar-refractivity contribution in [2.75, 3.05) is 20.1 Å². The molecular weight excluding hydrogens is 204 g/mol. The summed E-state index contributed by atoms with van der Waals surface area (Å²) < 4.78 is 5.38. The maximum Gasteiger partial charge on any atom is 0.410 e. The molecule has 16 heavy (non-hydrogen) atoms. The minimum Gasteiger partial charge on any atom is -0.444 e. The Morgan fingerprint density at radius 1 is 1.19 bits per heavy atom. The van der Waals surface area contributed by atoms with E-state index in [0.29, 0.717) is 6.54 Å². The normalized spacial score (nSPS) is 12.4. The fourth-order valence-corrected chi connectivity index (χ4v) is 1.24. The number of nitrogens with one attached hydrogen (secondary N) is 1. The first kappa shape index (κ1) is 15.2. The summed E-state index contributed by atoms with van der Waals surface area (Å²) in [7, 11) is 1.87. The van der Waals surface area contributed by atoms with Gasteiger partial charge in [0.1, 0.15) is 5.60 Å². The molecular formula is C12H26N2O2. The van der Waals surface area contributed by atoms with Crippen LogP contribution in [0.4, 0.5) is 4.79 Å². The van der Waals surface area contributed by atoms with Crippen LogP contribution < -0.4 is 5.32 Å². The molecule has 1 N–H and O–H groups in total. The topological polar surface area (TPSA) is 41.6 Å². The molecule has 0 heterocycles. The number of likely N-dealkylation sites (N-methyl/N-ethyl adjacent to an activating group) is 1. The van der Waals surface area contributed by atoms with Crippen molar-refractivity contribution in [2.45, 2.75) is 52.7 Å². The summed E-state index contributed by atoms with van der Waals surface area (Å²) in [5.74, 6) is 0. The lowest BCUT2D eigenvalue weighted by molar-refractivity contribution is 0.00678. The number of amides is 1. The van der Waals surface area contributed by atoms with E-state index in [1.54, 1.807) is 4.90 Å². The molecule has 4 heteroatoms. The van der Waals surface area contributed by atoms with E-state index in [-0.39, 0.29) is 11.6 Å². The first-order valence-electron chi connectivity index (χ1n) is 5.73. The molecule has 0 aromatic carbocycles. The Balaban J connectivity index is 4.58. The lowest BCUT2D eigenvalue weighted by Crippen LogP contribution is -2.50. The fraction of sp³-hybridized carbons (Fsp3) is 0.917. The van der Waals surface area contributed by atoms with Crippen molar-refractivity contribution in [1.82, 2.24) is 10.2 Å². The second kappa shape index (κ2) is 5.53. The van der Waals surface area contributed by atoms with Gasteiger partial charge >= 0.3 is 6.09 Å². The zero-order chi connectivity index (χ0) is 13.0. The van der Waals surface area contributed by atoms with Crippen LogP contribution in [0.1, 0.15) is 41.5 Å². The molecule has 0 fully saturated rings. The summed E-state index contributed by atoms with van der Waals surface area (Å²) >= 11 is 0. The largest absolute Gasteiger partial charge is 0.444 e. The van der Waals surface area contributed by atoms with Gasteiger partial charge in [0.2, 0.25) is 0 Å². The number of ether oxygens (including phenoxy) is 1. The molecule has 0 bridgehead atoms. The van der Waals surface area contributed by atoms with Crippen LogP contribution in [0, 0.1) is 0 Å². The second-order valence-corrected chi connectivity index (χ2v) is 5.91. The molecule has 0 aromatic heterocycles. The minimum absolute atomic E-state index is 0.223. The van der Waals surface area contributed by atoms with E-state index in [4.69, 9.17) is 4.74 Å². The van der Waals surface area contributed by atoms with E-state index in [0.717, 1.165) is 6.54 Å². The highest BCUT2D eigenvalue weighted by Gasteiger charge is 2.29. The van der Waals surface area contributed by atoms with Crippen LogP contribution in [0.3, 0.4) is 0 Å². The van der Waals surface area contributed by atoms with E-state index in [9.17, 15) is 4.79 Å². The van der Waals surface area contributed by atoms with Gasteiger partial charge in [-0.2, -0.15) is 0 Å². The quantitative estimate of drug-likeness (QED) is 0.808. The Labute approximate surface area is 99.3 Å². The molecule has 0 aliphatic carbocycles. The van der Waals surface area contributed by atoms with Crippen LogP contribution in [0.15, 0.2) is 0 Å². The van der Waals surface area contributed by atoms with E-state index in [2.05, 4.69) is 5.32 Å². The van der Waals surface area contributed by atoms with E-state index < -0.39 is 5.60 Å². The van der Waals surface area contributed by atoms with Crippen LogP contribution in [0.5, 0.6) is 0 Å². The highest BCUT2D eigenvalue weighted by molar-refractivity contribution is 5.69. The Hall–Kier alpha value is -0.770. The lowest BCUT2D eigenvalue weighted by Gasteiger charge is -2.36. The summed E-state index contributed by atoms with van der Waals surface area (Å²) in [6.07, 6.45) is -0.254. The lowest BCUT2D eigenvalue weighted by atomic mass is 10.1. The summed E-state index contributed by atoms with van der Waals surface area (Å²) in [5.41, 5.74) is -0.667. The predicted octanol–water partition coefficient (Wildman–Crippen LogP) is 2.24. The monoisotopic (exact) mass is 230 g/mol. The standard InChI is InChI=1S/C12H26N2O2/c1-11(2,3)14(9-8-13-7)10(15)16-12(4,5)6/h13H,8-9H2,1-7H3. The smallest absolute Gasteiger partial charge is 0.410 e. The molecule has 0 rings (SSSR count). The molecule has 0 spiro atoms. The molecule has 0 aliphatic rings. The molecule has 0 aromatic rings. The summed E-state index contributed by atoms with van der Waals surface area (Å²) in [6.45, 7) is 13.1. The molecule has 4 nitrogen and oxygen atoms in total. The van der Waals surface area contributed by atoms with Crippen molar-refractivity contribution in [3.63, 3.8) is 0 Å². The molecule has 0 radical (unpaired) electrons. The average molecular weight is 230 g/mol. The maximum absolute atomic E-state index is 12.0. The molecule has 1 amide bonds. The summed E-state index contributed by atoms with van der Waals surface area (Å²) in [6, 6.07) is 0. The average Bonchev–Trinajstić information content (AvgIpc) is 1.98. The highest BCUT2D eigenvalue weighted by Crippen LogP contribution is 2.17. The Morgan fingerprint density at radius 2 is 1.69 bits per heavy atom. The van der Waals surface area contributed by atoms with Crippen molar-refractivity contribution in [3.8, 4) is 0 Å². The summed E-state index contributed by atoms with van der Waals surface area (Å²) in [4.78, 5) is 13.7. The van der Waals surface area contributed by atoms with Crippen LogP contribution in [-0.2, 0) is 4.74 Å². The van der Waals surface area contributed by atoms with Gasteiger partial charge in [-0.05, 0) is 48.6 Å². The molecule has 0 atom stereocenters. The molecule has 0 unspecified atom stereocenters. The van der Waals surface area contributed by atoms with Gasteiger partial charge in [0.25, 0.3) is 0 Å². The Morgan fingerprint density at radius 3 is 2.00 bits per heavy atom. The number of carbonyl (C=O) groups is 1. The van der Waals surface area contributed by atoms with E-state index in [1.807, 2.05) is 48.6 Å². The zero-order valence-electron chi connectivity index (χ0n) is 11.7. The van der Waals surface area contributed by atoms with Crippen molar-refractivity contribution < 1.29 is 9.53 Å². The number of hydrogen-bond acceptors (Lipinski definition) is 3. The Bertz CT molecular complexity index is 226. The number of rotatable bonds is 3. The third-order valence-corrected chi connectivity index (χ3v) is 2.01. The number of hydrogen-bond donors (Lipinski definition) is 1. The van der Waals surface area contributed by atoms with Crippen molar-refractivity contribution in [2.24, 2.45) is 0 Å².